The zero-order chi connectivity index (χ0) is 21.2. The average Bonchev–Trinajstić information content (AvgIpc) is 2.70. The van der Waals surface area contributed by atoms with Crippen molar-refractivity contribution in [3.8, 4) is 0 Å². The first kappa shape index (κ1) is 20.9. The molecule has 29 heavy (non-hydrogen) atoms. The van der Waals surface area contributed by atoms with E-state index in [9.17, 15) is 13.2 Å². The number of sulfonamides is 1. The number of nitrogens with zero attached hydrogens (tertiary/aromatic N) is 1. The number of carbonyl (C=O) groups is 1. The van der Waals surface area contributed by atoms with E-state index in [1.807, 2.05) is 13.0 Å². The predicted octanol–water partition coefficient (Wildman–Crippen LogP) is 5.03. The number of benzene rings is 3. The maximum atomic E-state index is 12.8. The van der Waals surface area contributed by atoms with Crippen LogP contribution in [0.25, 0.3) is 0 Å². The van der Waals surface area contributed by atoms with Gasteiger partial charge in [0.1, 0.15) is 0 Å². The van der Waals surface area contributed by atoms with E-state index in [1.165, 1.54) is 11.4 Å². The van der Waals surface area contributed by atoms with Crippen molar-refractivity contribution in [2.24, 2.45) is 0 Å². The van der Waals surface area contributed by atoms with Gasteiger partial charge in [0, 0.05) is 23.3 Å². The van der Waals surface area contributed by atoms with E-state index >= 15 is 0 Å². The number of carbonyl (C=O) groups excluding carboxylic acids is 1. The summed E-state index contributed by atoms with van der Waals surface area (Å²) in [7, 11) is -2.19. The molecule has 3 aromatic rings. The zero-order valence-corrected chi connectivity index (χ0v) is 17.9. The number of aryl methyl sites for hydroxylation is 2. The second kappa shape index (κ2) is 8.27. The molecular formula is C22H21ClN2O3S. The van der Waals surface area contributed by atoms with Crippen LogP contribution in [0.2, 0.25) is 5.02 Å². The summed E-state index contributed by atoms with van der Waals surface area (Å²) in [4.78, 5) is 12.8. The van der Waals surface area contributed by atoms with E-state index in [1.54, 1.807) is 67.6 Å². The van der Waals surface area contributed by atoms with E-state index in [0.717, 1.165) is 5.56 Å². The van der Waals surface area contributed by atoms with Crippen molar-refractivity contribution in [2.45, 2.75) is 18.7 Å². The molecule has 0 bridgehead atoms. The van der Waals surface area contributed by atoms with E-state index in [4.69, 9.17) is 11.6 Å². The summed E-state index contributed by atoms with van der Waals surface area (Å²) >= 11 is 6.10. The lowest BCUT2D eigenvalue weighted by Crippen LogP contribution is -2.27. The highest BCUT2D eigenvalue weighted by molar-refractivity contribution is 7.92. The van der Waals surface area contributed by atoms with E-state index in [-0.39, 0.29) is 10.8 Å². The summed E-state index contributed by atoms with van der Waals surface area (Å²) in [5.74, 6) is -0.298. The van der Waals surface area contributed by atoms with Crippen LogP contribution in [0.1, 0.15) is 21.5 Å². The van der Waals surface area contributed by atoms with Gasteiger partial charge in [-0.1, -0.05) is 35.9 Å². The molecule has 0 spiro atoms. The Bertz CT molecular complexity index is 1160. The zero-order valence-electron chi connectivity index (χ0n) is 16.3. The van der Waals surface area contributed by atoms with Gasteiger partial charge in [-0.15, -0.1) is 0 Å². The van der Waals surface area contributed by atoms with Gasteiger partial charge in [-0.2, -0.15) is 0 Å². The second-order valence-electron chi connectivity index (χ2n) is 6.70. The summed E-state index contributed by atoms with van der Waals surface area (Å²) in [6, 6.07) is 18.4. The molecule has 5 nitrogen and oxygen atoms in total. The number of nitrogens with one attached hydrogen (secondary N) is 1. The third kappa shape index (κ3) is 4.44. The molecular weight excluding hydrogens is 408 g/mol. The molecule has 0 aliphatic rings. The van der Waals surface area contributed by atoms with Gasteiger partial charge < -0.3 is 5.32 Å². The molecule has 0 aliphatic heterocycles. The smallest absolute Gasteiger partial charge is 0.264 e. The Kier molecular flexibility index (Phi) is 5.96. The van der Waals surface area contributed by atoms with E-state index < -0.39 is 10.0 Å². The van der Waals surface area contributed by atoms with Crippen molar-refractivity contribution in [2.75, 3.05) is 16.7 Å². The highest BCUT2D eigenvalue weighted by atomic mass is 35.5. The summed E-state index contributed by atoms with van der Waals surface area (Å²) < 4.78 is 26.9. The lowest BCUT2D eigenvalue weighted by Gasteiger charge is -2.22. The average molecular weight is 429 g/mol. The third-order valence-electron chi connectivity index (χ3n) is 4.63. The van der Waals surface area contributed by atoms with Crippen LogP contribution in [-0.4, -0.2) is 21.4 Å². The Morgan fingerprint density at radius 2 is 1.62 bits per heavy atom. The Morgan fingerprint density at radius 1 is 0.931 bits per heavy atom. The molecule has 0 atom stereocenters. The Hall–Kier alpha value is -2.83. The lowest BCUT2D eigenvalue weighted by atomic mass is 10.1. The molecule has 0 saturated carbocycles. The van der Waals surface area contributed by atoms with Crippen LogP contribution >= 0.6 is 11.6 Å². The maximum absolute atomic E-state index is 12.8. The Morgan fingerprint density at radius 3 is 2.24 bits per heavy atom. The van der Waals surface area contributed by atoms with Gasteiger partial charge in [0.25, 0.3) is 15.9 Å². The lowest BCUT2D eigenvalue weighted by molar-refractivity contribution is 0.102. The fraction of sp³-hybridized carbons (Fsp3) is 0.136. The van der Waals surface area contributed by atoms with Gasteiger partial charge in [-0.05, 0) is 67.4 Å². The number of anilines is 2. The van der Waals surface area contributed by atoms with E-state index in [2.05, 4.69) is 5.32 Å². The van der Waals surface area contributed by atoms with Gasteiger partial charge in [-0.3, -0.25) is 9.10 Å². The van der Waals surface area contributed by atoms with Crippen LogP contribution in [0.15, 0.2) is 71.6 Å². The van der Waals surface area contributed by atoms with Crippen molar-refractivity contribution in [1.82, 2.24) is 0 Å². The molecule has 0 saturated heterocycles. The number of hydrogen-bond acceptors (Lipinski definition) is 3. The topological polar surface area (TPSA) is 66.5 Å². The van der Waals surface area contributed by atoms with Crippen LogP contribution < -0.4 is 9.62 Å². The SMILES string of the molecule is Cc1ccc(NC(=O)c2ccc(N(C)S(=O)(=O)c3ccccc3)c(C)c2)cc1Cl. The molecule has 0 aliphatic carbocycles. The minimum atomic E-state index is -3.69. The van der Waals surface area contributed by atoms with Crippen molar-refractivity contribution in [3.63, 3.8) is 0 Å². The Balaban J connectivity index is 1.84. The molecule has 0 fully saturated rings. The maximum Gasteiger partial charge on any atom is 0.264 e. The highest BCUT2D eigenvalue weighted by Gasteiger charge is 2.22. The van der Waals surface area contributed by atoms with Crippen LogP contribution in [0, 0.1) is 13.8 Å². The number of amides is 1. The van der Waals surface area contributed by atoms with Gasteiger partial charge in [0.2, 0.25) is 0 Å². The van der Waals surface area contributed by atoms with Crippen LogP contribution in [-0.2, 0) is 10.0 Å². The minimum absolute atomic E-state index is 0.208. The molecule has 7 heteroatoms. The van der Waals surface area contributed by atoms with Gasteiger partial charge in [-0.25, -0.2) is 8.42 Å². The largest absolute Gasteiger partial charge is 0.322 e. The molecule has 3 aromatic carbocycles. The fourth-order valence-corrected chi connectivity index (χ4v) is 4.37. The first-order valence-electron chi connectivity index (χ1n) is 8.92. The fourth-order valence-electron chi connectivity index (χ4n) is 2.90. The molecule has 3 rings (SSSR count). The van der Waals surface area contributed by atoms with Gasteiger partial charge in [0.05, 0.1) is 10.6 Å². The number of hydrogen-bond donors (Lipinski definition) is 1. The highest BCUT2D eigenvalue weighted by Crippen LogP contribution is 2.27. The molecule has 0 radical (unpaired) electrons. The molecule has 1 amide bonds. The van der Waals surface area contributed by atoms with Gasteiger partial charge >= 0.3 is 0 Å². The summed E-state index contributed by atoms with van der Waals surface area (Å²) in [6.45, 7) is 3.65. The first-order valence-corrected chi connectivity index (χ1v) is 10.7. The van der Waals surface area contributed by atoms with Gasteiger partial charge in [0.15, 0.2) is 0 Å². The summed E-state index contributed by atoms with van der Waals surface area (Å²) in [6.07, 6.45) is 0. The van der Waals surface area contributed by atoms with Crippen molar-refractivity contribution >= 4 is 38.9 Å². The van der Waals surface area contributed by atoms with Crippen molar-refractivity contribution in [1.29, 1.82) is 0 Å². The van der Waals surface area contributed by atoms with Crippen molar-refractivity contribution < 1.29 is 13.2 Å². The molecule has 150 valence electrons. The molecule has 1 N–H and O–H groups in total. The Labute approximate surface area is 176 Å². The summed E-state index contributed by atoms with van der Waals surface area (Å²) in [5.41, 5.74) is 3.11. The quantitative estimate of drug-likeness (QED) is 0.619. The van der Waals surface area contributed by atoms with Crippen LogP contribution in [0.4, 0.5) is 11.4 Å². The molecule has 0 heterocycles. The molecule has 0 unspecified atom stereocenters. The van der Waals surface area contributed by atoms with Crippen LogP contribution in [0.3, 0.4) is 0 Å². The summed E-state index contributed by atoms with van der Waals surface area (Å²) in [5, 5.41) is 3.37. The van der Waals surface area contributed by atoms with Crippen LogP contribution in [0.5, 0.6) is 0 Å². The molecule has 0 aromatic heterocycles. The monoisotopic (exact) mass is 428 g/mol. The number of rotatable bonds is 5. The second-order valence-corrected chi connectivity index (χ2v) is 9.08. The minimum Gasteiger partial charge on any atom is -0.322 e. The first-order chi connectivity index (χ1) is 13.7. The third-order valence-corrected chi connectivity index (χ3v) is 6.82. The number of halogens is 1. The standard InChI is InChI=1S/C22H21ClN2O3S/c1-15-9-11-18(14-20(15)23)24-22(26)17-10-12-21(16(2)13-17)25(3)29(27,28)19-7-5-4-6-8-19/h4-14H,1-3H3,(H,24,26). The van der Waals surface area contributed by atoms with E-state index in [0.29, 0.717) is 27.5 Å². The predicted molar refractivity (Wildman–Crippen MR) is 117 cm³/mol. The normalized spacial score (nSPS) is 11.2. The van der Waals surface area contributed by atoms with Crippen molar-refractivity contribution in [3.05, 3.63) is 88.4 Å².